The molecule has 0 aliphatic carbocycles. The van der Waals surface area contributed by atoms with Crippen LogP contribution >= 0.6 is 34.5 Å². The van der Waals surface area contributed by atoms with Crippen molar-refractivity contribution in [1.82, 2.24) is 0 Å². The number of aryl methyl sites for hydroxylation is 1. The number of hydrogen-bond donors (Lipinski definition) is 0. The maximum absolute atomic E-state index is 11.9. The molecule has 0 bridgehead atoms. The summed E-state index contributed by atoms with van der Waals surface area (Å²) in [4.78, 5) is 18.2. The minimum Gasteiger partial charge on any atom is -0.402 e. The van der Waals surface area contributed by atoms with Crippen LogP contribution in [0.1, 0.15) is 15.3 Å². The Morgan fingerprint density at radius 3 is 2.71 bits per heavy atom. The molecule has 0 saturated heterocycles. The highest BCUT2D eigenvalue weighted by Crippen LogP contribution is 2.27. The van der Waals surface area contributed by atoms with Crippen LogP contribution in [0, 0.1) is 6.92 Å². The first-order valence-electron chi connectivity index (χ1n) is 6.07. The van der Waals surface area contributed by atoms with E-state index in [1.54, 1.807) is 35.6 Å². The SMILES string of the molecule is Cc1ccc(C=C2N=C(c3ccc(Cl)cc3Cl)OC2=O)s1. The number of benzene rings is 1. The molecule has 0 atom stereocenters. The lowest BCUT2D eigenvalue weighted by molar-refractivity contribution is -0.129. The fourth-order valence-electron chi connectivity index (χ4n) is 1.85. The lowest BCUT2D eigenvalue weighted by atomic mass is 10.2. The van der Waals surface area contributed by atoms with E-state index < -0.39 is 5.97 Å². The van der Waals surface area contributed by atoms with Crippen molar-refractivity contribution >= 4 is 52.5 Å². The summed E-state index contributed by atoms with van der Waals surface area (Å²) >= 11 is 13.5. The van der Waals surface area contributed by atoms with Gasteiger partial charge >= 0.3 is 5.97 Å². The zero-order chi connectivity index (χ0) is 15.0. The Morgan fingerprint density at radius 1 is 1.24 bits per heavy atom. The summed E-state index contributed by atoms with van der Waals surface area (Å²) in [6.07, 6.45) is 1.71. The largest absolute Gasteiger partial charge is 0.402 e. The third kappa shape index (κ3) is 3.02. The Balaban J connectivity index is 1.97. The van der Waals surface area contributed by atoms with Gasteiger partial charge in [-0.05, 0) is 43.3 Å². The van der Waals surface area contributed by atoms with Crippen LogP contribution in [0.3, 0.4) is 0 Å². The molecule has 0 radical (unpaired) electrons. The average Bonchev–Trinajstić information content (AvgIpc) is 2.97. The summed E-state index contributed by atoms with van der Waals surface area (Å²) in [5.41, 5.74) is 0.804. The van der Waals surface area contributed by atoms with Gasteiger partial charge in [-0.25, -0.2) is 9.79 Å². The third-order valence-electron chi connectivity index (χ3n) is 2.82. The predicted octanol–water partition coefficient (Wildman–Crippen LogP) is 4.71. The third-order valence-corrected chi connectivity index (χ3v) is 4.32. The van der Waals surface area contributed by atoms with Crippen LogP contribution in [0.15, 0.2) is 41.0 Å². The number of esters is 1. The van der Waals surface area contributed by atoms with Crippen molar-refractivity contribution in [1.29, 1.82) is 0 Å². The van der Waals surface area contributed by atoms with Crippen molar-refractivity contribution in [3.05, 3.63) is 61.4 Å². The van der Waals surface area contributed by atoms with Gasteiger partial charge in [0, 0.05) is 14.8 Å². The Kier molecular flexibility index (Phi) is 3.85. The standard InChI is InChI=1S/C15H9Cl2NO2S/c1-8-2-4-10(21-8)7-13-15(19)20-14(18-13)11-5-3-9(16)6-12(11)17/h2-7H,1H3. The fourth-order valence-corrected chi connectivity index (χ4v) is 3.16. The van der Waals surface area contributed by atoms with Crippen molar-refractivity contribution < 1.29 is 9.53 Å². The molecule has 0 spiro atoms. The van der Waals surface area contributed by atoms with Gasteiger partial charge < -0.3 is 4.74 Å². The number of rotatable bonds is 2. The van der Waals surface area contributed by atoms with E-state index >= 15 is 0 Å². The molecule has 0 amide bonds. The van der Waals surface area contributed by atoms with Crippen molar-refractivity contribution in [3.8, 4) is 0 Å². The number of thiophene rings is 1. The van der Waals surface area contributed by atoms with Crippen LogP contribution in [0.25, 0.3) is 6.08 Å². The summed E-state index contributed by atoms with van der Waals surface area (Å²) in [6.45, 7) is 2.00. The number of carbonyl (C=O) groups excluding carboxylic acids is 1. The first kappa shape index (κ1) is 14.3. The number of hydrogen-bond acceptors (Lipinski definition) is 4. The van der Waals surface area contributed by atoms with Gasteiger partial charge in [-0.2, -0.15) is 0 Å². The van der Waals surface area contributed by atoms with E-state index in [1.165, 1.54) is 0 Å². The van der Waals surface area contributed by atoms with Crippen LogP contribution in [0.2, 0.25) is 10.0 Å². The summed E-state index contributed by atoms with van der Waals surface area (Å²) < 4.78 is 5.18. The number of nitrogens with zero attached hydrogens (tertiary/aromatic N) is 1. The zero-order valence-corrected chi connectivity index (χ0v) is 13.2. The number of halogens is 2. The second-order valence-electron chi connectivity index (χ2n) is 4.41. The van der Waals surface area contributed by atoms with Crippen LogP contribution in [-0.4, -0.2) is 11.9 Å². The van der Waals surface area contributed by atoms with Crippen molar-refractivity contribution in [3.63, 3.8) is 0 Å². The highest BCUT2D eigenvalue weighted by Gasteiger charge is 2.25. The molecule has 1 aliphatic heterocycles. The molecule has 0 fully saturated rings. The lowest BCUT2D eigenvalue weighted by Crippen LogP contribution is -2.05. The number of cyclic esters (lactones) is 1. The number of ether oxygens (including phenoxy) is 1. The quantitative estimate of drug-likeness (QED) is 0.588. The molecular weight excluding hydrogens is 329 g/mol. The van der Waals surface area contributed by atoms with Gasteiger partial charge in [-0.1, -0.05) is 23.2 Å². The lowest BCUT2D eigenvalue weighted by Gasteiger charge is -2.02. The minimum atomic E-state index is -0.484. The van der Waals surface area contributed by atoms with Crippen LogP contribution < -0.4 is 0 Å². The summed E-state index contributed by atoms with van der Waals surface area (Å²) in [5, 5.41) is 0.903. The van der Waals surface area contributed by atoms with Crippen molar-refractivity contribution in [2.75, 3.05) is 0 Å². The number of aliphatic imine (C=N–C) groups is 1. The topological polar surface area (TPSA) is 38.7 Å². The smallest absolute Gasteiger partial charge is 0.363 e. The highest BCUT2D eigenvalue weighted by molar-refractivity contribution is 7.12. The molecule has 1 aliphatic rings. The summed E-state index contributed by atoms with van der Waals surface area (Å²) in [7, 11) is 0. The van der Waals surface area contributed by atoms with E-state index in [-0.39, 0.29) is 11.6 Å². The van der Waals surface area contributed by atoms with Gasteiger partial charge in [-0.3, -0.25) is 0 Å². The molecule has 21 heavy (non-hydrogen) atoms. The van der Waals surface area contributed by atoms with E-state index in [0.717, 1.165) is 9.75 Å². The van der Waals surface area contributed by atoms with E-state index in [4.69, 9.17) is 27.9 Å². The molecule has 2 heterocycles. The maximum atomic E-state index is 11.9. The summed E-state index contributed by atoms with van der Waals surface area (Å²) in [5.74, 6) is -0.289. The Labute approximate surface area is 135 Å². The second kappa shape index (κ2) is 5.64. The Morgan fingerprint density at radius 2 is 2.05 bits per heavy atom. The van der Waals surface area contributed by atoms with Gasteiger partial charge in [0.05, 0.1) is 10.6 Å². The van der Waals surface area contributed by atoms with Gasteiger partial charge in [0.25, 0.3) is 0 Å². The van der Waals surface area contributed by atoms with Crippen LogP contribution in [0.5, 0.6) is 0 Å². The van der Waals surface area contributed by atoms with Crippen molar-refractivity contribution in [2.45, 2.75) is 6.92 Å². The van der Waals surface area contributed by atoms with Gasteiger partial charge in [0.15, 0.2) is 5.70 Å². The molecule has 106 valence electrons. The molecule has 0 unspecified atom stereocenters. The summed E-state index contributed by atoms with van der Waals surface area (Å²) in [6, 6.07) is 8.85. The van der Waals surface area contributed by atoms with Crippen LogP contribution in [-0.2, 0) is 9.53 Å². The minimum absolute atomic E-state index is 0.196. The molecule has 1 aromatic carbocycles. The molecule has 1 aromatic heterocycles. The molecule has 3 nitrogen and oxygen atoms in total. The molecule has 0 saturated carbocycles. The highest BCUT2D eigenvalue weighted by atomic mass is 35.5. The molecule has 2 aromatic rings. The Hall–Kier alpha value is -1.62. The van der Waals surface area contributed by atoms with E-state index in [0.29, 0.717) is 15.6 Å². The molecule has 6 heteroatoms. The average molecular weight is 338 g/mol. The first-order chi connectivity index (χ1) is 10.0. The van der Waals surface area contributed by atoms with Gasteiger partial charge in [0.2, 0.25) is 5.90 Å². The second-order valence-corrected chi connectivity index (χ2v) is 6.57. The molecule has 0 N–H and O–H groups in total. The maximum Gasteiger partial charge on any atom is 0.363 e. The monoisotopic (exact) mass is 337 g/mol. The van der Waals surface area contributed by atoms with E-state index in [2.05, 4.69) is 4.99 Å². The zero-order valence-electron chi connectivity index (χ0n) is 10.9. The van der Waals surface area contributed by atoms with Gasteiger partial charge in [0.1, 0.15) is 0 Å². The molecular formula is C15H9Cl2NO2S. The Bertz CT molecular complexity index is 793. The number of carbonyl (C=O) groups is 1. The normalized spacial score (nSPS) is 16.2. The predicted molar refractivity (Wildman–Crippen MR) is 86.1 cm³/mol. The van der Waals surface area contributed by atoms with Crippen LogP contribution in [0.4, 0.5) is 0 Å². The fraction of sp³-hybridized carbons (Fsp3) is 0.0667. The first-order valence-corrected chi connectivity index (χ1v) is 7.64. The van der Waals surface area contributed by atoms with E-state index in [1.807, 2.05) is 19.1 Å². The van der Waals surface area contributed by atoms with Gasteiger partial charge in [-0.15, -0.1) is 11.3 Å². The van der Waals surface area contributed by atoms with Crippen molar-refractivity contribution in [2.24, 2.45) is 4.99 Å². The molecule has 3 rings (SSSR count). The van der Waals surface area contributed by atoms with E-state index in [9.17, 15) is 4.79 Å².